The third kappa shape index (κ3) is 5.28. The van der Waals surface area contributed by atoms with E-state index in [9.17, 15) is 9.59 Å². The number of para-hydroxylation sites is 1. The summed E-state index contributed by atoms with van der Waals surface area (Å²) in [6, 6.07) is 9.60. The Morgan fingerprint density at radius 2 is 1.81 bits per heavy atom. The SMILES string of the molecule is COc1cc(OCCCOCC(=O)O)c(-c2cc(=O)c3cccc(Cl)c3o2)cc1OC. The molecule has 8 nitrogen and oxygen atoms in total. The van der Waals surface area contributed by atoms with Crippen molar-refractivity contribution in [3.05, 3.63) is 51.6 Å². The molecular weight excluding hydrogens is 428 g/mol. The number of hydrogen-bond acceptors (Lipinski definition) is 7. The van der Waals surface area contributed by atoms with E-state index < -0.39 is 5.97 Å². The molecular formula is C22H21ClO8. The van der Waals surface area contributed by atoms with E-state index in [-0.39, 0.29) is 36.6 Å². The molecule has 0 atom stereocenters. The van der Waals surface area contributed by atoms with Crippen molar-refractivity contribution in [3.63, 3.8) is 0 Å². The van der Waals surface area contributed by atoms with Gasteiger partial charge in [-0.1, -0.05) is 17.7 Å². The van der Waals surface area contributed by atoms with Crippen LogP contribution in [0.25, 0.3) is 22.3 Å². The molecule has 0 saturated heterocycles. The average molecular weight is 449 g/mol. The lowest BCUT2D eigenvalue weighted by Gasteiger charge is -2.16. The predicted octanol–water partition coefficient (Wildman–Crippen LogP) is 4.00. The number of carboxylic acids is 1. The van der Waals surface area contributed by atoms with Crippen LogP contribution in [0, 0.1) is 0 Å². The highest BCUT2D eigenvalue weighted by atomic mass is 35.5. The number of ether oxygens (including phenoxy) is 4. The lowest BCUT2D eigenvalue weighted by atomic mass is 10.1. The van der Waals surface area contributed by atoms with Crippen LogP contribution in [0.4, 0.5) is 0 Å². The summed E-state index contributed by atoms with van der Waals surface area (Å²) in [5.74, 6) is 0.475. The highest BCUT2D eigenvalue weighted by molar-refractivity contribution is 6.34. The third-order valence-corrected chi connectivity index (χ3v) is 4.67. The van der Waals surface area contributed by atoms with E-state index >= 15 is 0 Å². The van der Waals surface area contributed by atoms with E-state index in [1.807, 2.05) is 0 Å². The van der Waals surface area contributed by atoms with Crippen LogP contribution in [0.15, 0.2) is 45.6 Å². The van der Waals surface area contributed by atoms with E-state index in [0.717, 1.165) is 0 Å². The molecule has 9 heteroatoms. The summed E-state index contributed by atoms with van der Waals surface area (Å²) in [6.45, 7) is 0.0842. The predicted molar refractivity (Wildman–Crippen MR) is 115 cm³/mol. The van der Waals surface area contributed by atoms with Gasteiger partial charge in [-0.15, -0.1) is 0 Å². The minimum absolute atomic E-state index is 0.218. The van der Waals surface area contributed by atoms with Gasteiger partial charge < -0.3 is 28.5 Å². The topological polar surface area (TPSA) is 104 Å². The van der Waals surface area contributed by atoms with Gasteiger partial charge in [0.05, 0.1) is 43.4 Å². The first kappa shape index (κ1) is 22.5. The van der Waals surface area contributed by atoms with Crippen molar-refractivity contribution >= 4 is 28.5 Å². The van der Waals surface area contributed by atoms with Crippen molar-refractivity contribution in [1.82, 2.24) is 0 Å². The maximum Gasteiger partial charge on any atom is 0.329 e. The van der Waals surface area contributed by atoms with Gasteiger partial charge in [-0.2, -0.15) is 0 Å². The van der Waals surface area contributed by atoms with E-state index in [4.69, 9.17) is 40.1 Å². The summed E-state index contributed by atoms with van der Waals surface area (Å²) in [6.07, 6.45) is 0.453. The fraction of sp³-hybridized carbons (Fsp3) is 0.273. The molecule has 0 fully saturated rings. The Labute approximate surface area is 182 Å². The maximum atomic E-state index is 12.6. The third-order valence-electron chi connectivity index (χ3n) is 4.37. The standard InChI is InChI=1S/C22H21ClO8/c1-27-19-9-14(18-10-16(24)13-5-3-6-15(23)22(13)31-18)17(11-20(19)28-2)30-8-4-7-29-12-21(25)26/h3,5-6,9-11H,4,7-8,12H2,1-2H3,(H,25,26). The molecule has 3 rings (SSSR count). The number of aliphatic carboxylic acids is 1. The zero-order chi connectivity index (χ0) is 22.4. The molecule has 0 aliphatic heterocycles. The number of methoxy groups -OCH3 is 2. The Kier molecular flexibility index (Phi) is 7.38. The molecule has 1 aromatic heterocycles. The van der Waals surface area contributed by atoms with Crippen LogP contribution in [-0.2, 0) is 9.53 Å². The summed E-state index contributed by atoms with van der Waals surface area (Å²) in [5, 5.41) is 9.29. The smallest absolute Gasteiger partial charge is 0.329 e. The van der Waals surface area contributed by atoms with Crippen molar-refractivity contribution in [1.29, 1.82) is 0 Å². The van der Waals surface area contributed by atoms with Gasteiger partial charge in [0.15, 0.2) is 22.5 Å². The molecule has 0 aliphatic rings. The molecule has 1 heterocycles. The van der Waals surface area contributed by atoms with Crippen LogP contribution in [-0.4, -0.2) is 45.1 Å². The lowest BCUT2D eigenvalue weighted by molar-refractivity contribution is -0.142. The van der Waals surface area contributed by atoms with Crippen molar-refractivity contribution in [2.45, 2.75) is 6.42 Å². The fourth-order valence-corrected chi connectivity index (χ4v) is 3.16. The number of benzene rings is 2. The Morgan fingerprint density at radius 3 is 2.52 bits per heavy atom. The second-order valence-corrected chi connectivity index (χ2v) is 6.85. The first-order chi connectivity index (χ1) is 14.9. The van der Waals surface area contributed by atoms with Gasteiger partial charge in [0.1, 0.15) is 18.1 Å². The Balaban J connectivity index is 1.96. The average Bonchev–Trinajstić information content (AvgIpc) is 2.76. The minimum Gasteiger partial charge on any atom is -0.493 e. The molecule has 3 aromatic rings. The second-order valence-electron chi connectivity index (χ2n) is 6.44. The van der Waals surface area contributed by atoms with Gasteiger partial charge in [0.25, 0.3) is 0 Å². The number of rotatable bonds is 10. The van der Waals surface area contributed by atoms with Crippen LogP contribution in [0.2, 0.25) is 5.02 Å². The Bertz CT molecular complexity index is 1140. The van der Waals surface area contributed by atoms with Crippen molar-refractivity contribution in [3.8, 4) is 28.6 Å². The summed E-state index contributed by atoms with van der Waals surface area (Å²) in [4.78, 5) is 23.1. The summed E-state index contributed by atoms with van der Waals surface area (Å²) in [7, 11) is 2.99. The molecule has 0 bridgehead atoms. The molecule has 164 valence electrons. The monoisotopic (exact) mass is 448 g/mol. The van der Waals surface area contributed by atoms with E-state index in [2.05, 4.69) is 0 Å². The van der Waals surface area contributed by atoms with Gasteiger partial charge in [-0.05, 0) is 18.2 Å². The summed E-state index contributed by atoms with van der Waals surface area (Å²) in [5.41, 5.74) is 0.499. The molecule has 1 N–H and O–H groups in total. The Hall–Kier alpha value is -3.23. The van der Waals surface area contributed by atoms with Gasteiger partial charge in [0, 0.05) is 18.6 Å². The minimum atomic E-state index is -1.03. The molecule has 0 saturated carbocycles. The van der Waals surface area contributed by atoms with Crippen molar-refractivity contribution < 1.29 is 33.3 Å². The zero-order valence-electron chi connectivity index (χ0n) is 17.0. The van der Waals surface area contributed by atoms with Crippen LogP contribution >= 0.6 is 11.6 Å². The normalized spacial score (nSPS) is 10.8. The highest BCUT2D eigenvalue weighted by Gasteiger charge is 2.18. The highest BCUT2D eigenvalue weighted by Crippen LogP contribution is 2.41. The van der Waals surface area contributed by atoms with Crippen LogP contribution in [0.1, 0.15) is 6.42 Å². The van der Waals surface area contributed by atoms with Gasteiger partial charge in [-0.3, -0.25) is 4.79 Å². The molecule has 0 amide bonds. The first-order valence-electron chi connectivity index (χ1n) is 9.35. The largest absolute Gasteiger partial charge is 0.493 e. The quantitative estimate of drug-likeness (QED) is 0.464. The first-order valence-corrected chi connectivity index (χ1v) is 9.73. The fourth-order valence-electron chi connectivity index (χ4n) is 2.95. The van der Waals surface area contributed by atoms with Crippen molar-refractivity contribution in [2.75, 3.05) is 34.0 Å². The van der Waals surface area contributed by atoms with E-state index in [1.54, 1.807) is 30.3 Å². The summed E-state index contributed by atoms with van der Waals surface area (Å²) >= 11 is 6.22. The number of carboxylic acid groups (broad SMARTS) is 1. The van der Waals surface area contributed by atoms with Crippen LogP contribution in [0.5, 0.6) is 17.2 Å². The number of fused-ring (bicyclic) bond motifs is 1. The maximum absolute atomic E-state index is 12.6. The van der Waals surface area contributed by atoms with Crippen LogP contribution < -0.4 is 19.6 Å². The molecule has 2 aromatic carbocycles. The molecule has 0 spiro atoms. The molecule has 31 heavy (non-hydrogen) atoms. The number of hydrogen-bond donors (Lipinski definition) is 1. The molecule has 0 aliphatic carbocycles. The van der Waals surface area contributed by atoms with Crippen molar-refractivity contribution in [2.24, 2.45) is 0 Å². The molecule has 0 unspecified atom stereocenters. The second kappa shape index (κ2) is 10.2. The lowest BCUT2D eigenvalue weighted by Crippen LogP contribution is -2.10. The number of carbonyl (C=O) groups is 1. The Morgan fingerprint density at radius 1 is 1.06 bits per heavy atom. The van der Waals surface area contributed by atoms with Gasteiger partial charge in [0.2, 0.25) is 0 Å². The van der Waals surface area contributed by atoms with Gasteiger partial charge >= 0.3 is 5.97 Å². The zero-order valence-corrected chi connectivity index (χ0v) is 17.7. The van der Waals surface area contributed by atoms with Crippen LogP contribution in [0.3, 0.4) is 0 Å². The van der Waals surface area contributed by atoms with Gasteiger partial charge in [-0.25, -0.2) is 4.79 Å². The summed E-state index contributed by atoms with van der Waals surface area (Å²) < 4.78 is 27.5. The molecule has 0 radical (unpaired) electrons. The number of halogens is 1. The van der Waals surface area contributed by atoms with E-state index in [1.165, 1.54) is 20.3 Å². The van der Waals surface area contributed by atoms with E-state index in [0.29, 0.717) is 39.6 Å².